The highest BCUT2D eigenvalue weighted by Crippen LogP contribution is 2.65. The van der Waals surface area contributed by atoms with E-state index in [0.29, 0.717) is 68.7 Å². The number of hydrogen-bond donors (Lipinski definition) is 4. The minimum absolute atomic E-state index is 0.0495. The van der Waals surface area contributed by atoms with Gasteiger partial charge in [0.25, 0.3) is 5.91 Å². The maximum absolute atomic E-state index is 17.1. The van der Waals surface area contributed by atoms with Crippen LogP contribution in [-0.4, -0.2) is 172 Å². The summed E-state index contributed by atoms with van der Waals surface area (Å²) in [6, 6.07) is 26.6. The largest absolute Gasteiger partial charge is 0.456 e. The summed E-state index contributed by atoms with van der Waals surface area (Å²) in [5, 5.41) is 23.3. The molecule has 0 spiro atoms. The summed E-state index contributed by atoms with van der Waals surface area (Å²) in [5.41, 5.74) is -6.44. The van der Waals surface area contributed by atoms with E-state index < -0.39 is 134 Å². The summed E-state index contributed by atoms with van der Waals surface area (Å²) >= 11 is 0. The summed E-state index contributed by atoms with van der Waals surface area (Å²) in [6.07, 6.45) is -8.74. The maximum atomic E-state index is 17.1. The van der Waals surface area contributed by atoms with Crippen LogP contribution >= 0.6 is 0 Å². The van der Waals surface area contributed by atoms with E-state index in [1.54, 1.807) is 113 Å². The molecular formula is C69H101N3O17Si2. The van der Waals surface area contributed by atoms with Crippen LogP contribution in [0, 0.1) is 16.7 Å². The van der Waals surface area contributed by atoms with E-state index in [1.165, 1.54) is 6.92 Å². The number of aliphatic hydroxyl groups is 1. The van der Waals surface area contributed by atoms with Crippen molar-refractivity contribution in [2.24, 2.45) is 16.7 Å². The molecule has 4 aliphatic rings. The third kappa shape index (κ3) is 15.9. The third-order valence-electron chi connectivity index (χ3n) is 20.1. The average Bonchev–Trinajstić information content (AvgIpc) is 0.670. The number of esters is 3. The molecule has 1 saturated heterocycles. The molecule has 1 aliphatic heterocycles. The topological polar surface area (TPSA) is 251 Å². The van der Waals surface area contributed by atoms with Crippen LogP contribution in [0.2, 0.25) is 36.3 Å². The van der Waals surface area contributed by atoms with E-state index in [4.69, 9.17) is 46.7 Å². The quantitative estimate of drug-likeness (QED) is 0.0154. The van der Waals surface area contributed by atoms with Crippen molar-refractivity contribution in [3.63, 3.8) is 0 Å². The van der Waals surface area contributed by atoms with E-state index in [0.717, 1.165) is 13.0 Å². The predicted molar refractivity (Wildman–Crippen MR) is 348 cm³/mol. The molecule has 3 fully saturated rings. The second kappa shape index (κ2) is 31.1. The van der Waals surface area contributed by atoms with E-state index >= 15 is 14.4 Å². The number of rotatable bonds is 31. The predicted octanol–water partition coefficient (Wildman–Crippen LogP) is 10.0. The molecule has 22 heteroatoms. The van der Waals surface area contributed by atoms with Gasteiger partial charge in [-0.15, -0.1) is 0 Å². The number of ether oxygens (including phenoxy) is 8. The summed E-state index contributed by atoms with van der Waals surface area (Å²) in [4.78, 5) is 91.2. The van der Waals surface area contributed by atoms with E-state index in [9.17, 15) is 19.5 Å². The maximum Gasteiger partial charge on any atom is 0.408 e. The molecule has 11 atom stereocenters. The highest BCUT2D eigenvalue weighted by Gasteiger charge is 2.79. The Balaban J connectivity index is 1.38. The lowest BCUT2D eigenvalue weighted by Crippen LogP contribution is -2.82. The lowest BCUT2D eigenvalue weighted by Gasteiger charge is -2.68. The molecule has 3 aromatic carbocycles. The summed E-state index contributed by atoms with van der Waals surface area (Å²) in [5.74, 6) is -5.16. The number of carbonyl (C=O) groups excluding carboxylic acids is 6. The fraction of sp³-hybridized carbons (Fsp3) is 0.623. The lowest BCUT2D eigenvalue weighted by atomic mass is 9.44. The SMILES string of the molecule is CC[Si](CC)(CC)O[C@H]1CC2OC[C@]2(OC(C)=O)[C@H]2[C@H](OC(=O)c3ccccc3)[C@]3(O)C[C@H](OC(=O)[C@H](O[Si](C)(C)C(C)(C)C)[C@@H](NC(=O)c4ccccc4)c4ccccc4)C(C)=C([C@@H](OC(=O)NCCCOCCOCCOCCCNC)C(=O)C12C)C3(C)C. The zero-order valence-electron chi connectivity index (χ0n) is 56.1. The number of benzene rings is 3. The molecule has 20 nitrogen and oxygen atoms in total. The molecule has 0 aromatic heterocycles. The van der Waals surface area contributed by atoms with Crippen molar-refractivity contribution in [1.82, 2.24) is 16.0 Å². The number of amides is 2. The van der Waals surface area contributed by atoms with Gasteiger partial charge in [0, 0.05) is 50.5 Å². The Morgan fingerprint density at radius 1 is 0.758 bits per heavy atom. The molecule has 2 saturated carbocycles. The van der Waals surface area contributed by atoms with Crippen molar-refractivity contribution in [2.75, 3.05) is 66.4 Å². The van der Waals surface area contributed by atoms with Gasteiger partial charge in [0.1, 0.15) is 23.9 Å². The third-order valence-corrected chi connectivity index (χ3v) is 29.2. The summed E-state index contributed by atoms with van der Waals surface area (Å²) < 4.78 is 65.0. The van der Waals surface area contributed by atoms with Gasteiger partial charge in [0.2, 0.25) is 0 Å². The normalized spacial score (nSPS) is 26.1. The molecule has 502 valence electrons. The zero-order chi connectivity index (χ0) is 66.6. The minimum Gasteiger partial charge on any atom is -0.456 e. The van der Waals surface area contributed by atoms with E-state index in [1.807, 2.05) is 47.0 Å². The van der Waals surface area contributed by atoms with Gasteiger partial charge in [-0.2, -0.15) is 0 Å². The van der Waals surface area contributed by atoms with E-state index in [-0.39, 0.29) is 42.9 Å². The van der Waals surface area contributed by atoms with Crippen LogP contribution in [0.4, 0.5) is 4.79 Å². The van der Waals surface area contributed by atoms with Crippen LogP contribution in [-0.2, 0) is 61.1 Å². The Hall–Kier alpha value is -5.67. The number of Topliss-reactive ketones (excluding diaryl/α,β-unsaturated/α-hetero) is 1. The first-order valence-electron chi connectivity index (χ1n) is 32.5. The lowest BCUT2D eigenvalue weighted by molar-refractivity contribution is -0.344. The highest BCUT2D eigenvalue weighted by molar-refractivity contribution is 6.74. The molecule has 3 aromatic rings. The monoisotopic (exact) mass is 1300 g/mol. The summed E-state index contributed by atoms with van der Waals surface area (Å²) in [6.45, 7) is 27.3. The Morgan fingerprint density at radius 3 is 1.84 bits per heavy atom. The molecule has 1 heterocycles. The molecule has 0 radical (unpaired) electrons. The molecule has 91 heavy (non-hydrogen) atoms. The van der Waals surface area contributed by atoms with Crippen molar-refractivity contribution in [1.29, 1.82) is 0 Å². The van der Waals surface area contributed by atoms with Gasteiger partial charge in [-0.1, -0.05) is 122 Å². The standard InChI is InChI=1S/C69H101N3O17Si2/c1-15-91(16-2,17-3)88-52-43-53-68(45-83-53,87-47(5)73)58-60(86-62(76)50-33-25-20-26-34-50)69(79)44-51(84-63(77)57(89-90(13,14)65(6,7)8)55(48-29-21-18-22-30-48)72-61(75)49-31-23-19-24-32-49)46(4)54(66(69,9)10)56(59(74)67(52,58)11)85-64(78)71-36-28-38-81-40-42-82-41-39-80-37-27-35-70-12/h18-26,29-34,51-53,55-58,60,70,79H,15-17,27-28,35-45H2,1-14H3,(H,71,78)(H,72,75)/t51-,52-,53?,55-,56+,57+,58-,60-,67?,68+,69+/m0/s1. The van der Waals surface area contributed by atoms with Gasteiger partial charge in [-0.05, 0) is 118 Å². The number of nitrogens with one attached hydrogen (secondary N) is 3. The summed E-state index contributed by atoms with van der Waals surface area (Å²) in [7, 11) is -3.84. The van der Waals surface area contributed by atoms with Gasteiger partial charge >= 0.3 is 24.0 Å². The number of alkyl carbamates (subject to hydrolysis) is 1. The Morgan fingerprint density at radius 2 is 1.31 bits per heavy atom. The van der Waals surface area contributed by atoms with Gasteiger partial charge in [0.05, 0.1) is 62.1 Å². The second-order valence-corrected chi connectivity index (χ2v) is 36.4. The van der Waals surface area contributed by atoms with Gasteiger partial charge in [-0.3, -0.25) is 14.4 Å². The zero-order valence-corrected chi connectivity index (χ0v) is 58.1. The van der Waals surface area contributed by atoms with Crippen molar-refractivity contribution in [2.45, 2.75) is 192 Å². The smallest absolute Gasteiger partial charge is 0.408 e. The number of fused-ring (bicyclic) bond motifs is 5. The van der Waals surface area contributed by atoms with Crippen molar-refractivity contribution >= 4 is 52.3 Å². The second-order valence-electron chi connectivity index (χ2n) is 26.9. The van der Waals surface area contributed by atoms with Gasteiger partial charge in [-0.25, -0.2) is 14.4 Å². The van der Waals surface area contributed by atoms with Crippen LogP contribution in [0.15, 0.2) is 102 Å². The van der Waals surface area contributed by atoms with E-state index in [2.05, 4.69) is 36.7 Å². The Labute approximate surface area is 540 Å². The van der Waals surface area contributed by atoms with Crippen LogP contribution in [0.3, 0.4) is 0 Å². The fourth-order valence-electron chi connectivity index (χ4n) is 13.5. The van der Waals surface area contributed by atoms with Gasteiger partial charge in [0.15, 0.2) is 40.2 Å². The van der Waals surface area contributed by atoms with Crippen LogP contribution < -0.4 is 16.0 Å². The molecule has 3 aliphatic carbocycles. The molecule has 7 rings (SSSR count). The van der Waals surface area contributed by atoms with Crippen LogP contribution in [0.1, 0.15) is 134 Å². The number of hydrogen-bond acceptors (Lipinski definition) is 18. The average molecular weight is 1300 g/mol. The van der Waals surface area contributed by atoms with Crippen molar-refractivity contribution < 1.29 is 80.6 Å². The number of carbonyl (C=O) groups is 6. The highest BCUT2D eigenvalue weighted by atomic mass is 28.4. The van der Waals surface area contributed by atoms with Crippen LogP contribution in [0.5, 0.6) is 0 Å². The van der Waals surface area contributed by atoms with Gasteiger partial charge < -0.3 is 67.8 Å². The molecule has 2 unspecified atom stereocenters. The Bertz CT molecular complexity index is 2970. The molecule has 4 N–H and O–H groups in total. The van der Waals surface area contributed by atoms with Crippen molar-refractivity contribution in [3.05, 3.63) is 119 Å². The first-order chi connectivity index (χ1) is 43.1. The molecular weight excluding hydrogens is 1200 g/mol. The van der Waals surface area contributed by atoms with Crippen LogP contribution in [0.25, 0.3) is 0 Å². The minimum atomic E-state index is -3.00. The molecule has 2 amide bonds. The first kappa shape index (κ1) is 72.8. The molecule has 2 bridgehead atoms. The Kier molecular flexibility index (Phi) is 24.8. The van der Waals surface area contributed by atoms with Crippen molar-refractivity contribution in [3.8, 4) is 0 Å². The fourth-order valence-corrected chi connectivity index (χ4v) is 17.6. The number of ketones is 1. The first-order valence-corrected chi connectivity index (χ1v) is 37.9.